The average molecular weight is 457 g/mol. The van der Waals surface area contributed by atoms with Crippen LogP contribution >= 0.6 is 11.3 Å². The van der Waals surface area contributed by atoms with E-state index >= 15 is 0 Å². The fourth-order valence-corrected chi connectivity index (χ4v) is 4.53. The number of amides is 2. The Morgan fingerprint density at radius 1 is 1.21 bits per heavy atom. The molecule has 9 heteroatoms. The molecule has 5 rings (SSSR count). The summed E-state index contributed by atoms with van der Waals surface area (Å²) in [5, 5.41) is 6.93. The number of carbonyl (C=O) groups is 1. The molecule has 4 aromatic rings. The number of fused-ring (bicyclic) bond motifs is 1. The number of aryl methyl sites for hydroxylation is 1. The van der Waals surface area contributed by atoms with Gasteiger partial charge in [-0.2, -0.15) is 5.06 Å². The Balaban J connectivity index is 1.37. The van der Waals surface area contributed by atoms with Crippen LogP contribution in [0.15, 0.2) is 54.3 Å². The summed E-state index contributed by atoms with van der Waals surface area (Å²) in [5.74, 6) is 6.68. The zero-order valence-electron chi connectivity index (χ0n) is 17.8. The summed E-state index contributed by atoms with van der Waals surface area (Å²) < 4.78 is 0. The third kappa shape index (κ3) is 4.22. The molecule has 1 aliphatic rings. The van der Waals surface area contributed by atoms with Gasteiger partial charge in [0.15, 0.2) is 0 Å². The maximum absolute atomic E-state index is 12.9. The van der Waals surface area contributed by atoms with Crippen molar-refractivity contribution in [1.29, 1.82) is 0 Å². The molecule has 2 amide bonds. The minimum absolute atomic E-state index is 0.136. The summed E-state index contributed by atoms with van der Waals surface area (Å²) in [6, 6.07) is 11.2. The number of nitrogens with zero attached hydrogens (tertiary/aromatic N) is 4. The summed E-state index contributed by atoms with van der Waals surface area (Å²) in [7, 11) is 0. The van der Waals surface area contributed by atoms with Crippen molar-refractivity contribution in [2.24, 2.45) is 0 Å². The molecule has 33 heavy (non-hydrogen) atoms. The van der Waals surface area contributed by atoms with E-state index in [-0.39, 0.29) is 12.1 Å². The zero-order chi connectivity index (χ0) is 22.8. The zero-order valence-corrected chi connectivity index (χ0v) is 18.6. The lowest BCUT2D eigenvalue weighted by Gasteiger charge is -2.23. The summed E-state index contributed by atoms with van der Waals surface area (Å²) in [4.78, 5) is 32.0. The van der Waals surface area contributed by atoms with Gasteiger partial charge in [-0.15, -0.1) is 11.3 Å². The van der Waals surface area contributed by atoms with Crippen LogP contribution in [0, 0.1) is 18.8 Å². The number of thiophene rings is 1. The number of pyridine rings is 1. The van der Waals surface area contributed by atoms with Crippen LogP contribution in [0.25, 0.3) is 10.2 Å². The first-order chi connectivity index (χ1) is 16.1. The summed E-state index contributed by atoms with van der Waals surface area (Å²) in [6.07, 6.45) is 3.79. The number of hydrogen-bond acceptors (Lipinski definition) is 7. The van der Waals surface area contributed by atoms with Crippen molar-refractivity contribution >= 4 is 39.1 Å². The highest BCUT2D eigenvalue weighted by molar-refractivity contribution is 7.17. The van der Waals surface area contributed by atoms with Crippen molar-refractivity contribution in [2.75, 3.05) is 17.7 Å². The smallest absolute Gasteiger partial charge is 0.346 e. The molecule has 0 aliphatic carbocycles. The Hall–Kier alpha value is -4.00. The molecule has 1 saturated heterocycles. The maximum atomic E-state index is 12.9. The van der Waals surface area contributed by atoms with Crippen LogP contribution in [0.4, 0.5) is 16.3 Å². The number of rotatable bonds is 2. The first-order valence-corrected chi connectivity index (χ1v) is 11.2. The van der Waals surface area contributed by atoms with Crippen LogP contribution < -0.4 is 11.1 Å². The van der Waals surface area contributed by atoms with E-state index in [1.54, 1.807) is 12.3 Å². The molecule has 1 atom stereocenters. The standard InChI is InChI=1S/C24H20N6O2S/c1-15-17(7-8-18-13-33-23-21(18)22(25)27-14-28-23)11-19(12-26-15)29-24(31)30-20(9-10-32-30)16-5-3-2-4-6-16/h2-6,11-14,20H,9-10H2,1H3,(H,29,31)(H2,25,27,28)/t20-/m1/s1. The minimum Gasteiger partial charge on any atom is -0.383 e. The van der Waals surface area contributed by atoms with Gasteiger partial charge in [0.25, 0.3) is 0 Å². The first kappa shape index (κ1) is 20.9. The fourth-order valence-electron chi connectivity index (χ4n) is 3.68. The fraction of sp³-hybridized carbons (Fsp3) is 0.167. The van der Waals surface area contributed by atoms with Crippen molar-refractivity contribution in [3.63, 3.8) is 0 Å². The predicted molar refractivity (Wildman–Crippen MR) is 127 cm³/mol. The van der Waals surface area contributed by atoms with E-state index in [0.29, 0.717) is 23.7 Å². The lowest BCUT2D eigenvalue weighted by atomic mass is 10.1. The van der Waals surface area contributed by atoms with Gasteiger partial charge in [0.2, 0.25) is 0 Å². The molecule has 0 radical (unpaired) electrons. The number of nitrogens with one attached hydrogen (secondary N) is 1. The molecule has 0 bridgehead atoms. The molecule has 1 aromatic carbocycles. The van der Waals surface area contributed by atoms with Gasteiger partial charge in [-0.1, -0.05) is 42.2 Å². The number of nitrogen functional groups attached to an aromatic ring is 1. The van der Waals surface area contributed by atoms with Crippen molar-refractivity contribution < 1.29 is 9.63 Å². The maximum Gasteiger partial charge on any atom is 0.346 e. The van der Waals surface area contributed by atoms with Gasteiger partial charge in [0.05, 0.1) is 35.6 Å². The van der Waals surface area contributed by atoms with Gasteiger partial charge >= 0.3 is 6.03 Å². The van der Waals surface area contributed by atoms with E-state index in [0.717, 1.165) is 33.5 Å². The molecule has 8 nitrogen and oxygen atoms in total. The number of carbonyl (C=O) groups excluding carboxylic acids is 1. The highest BCUT2D eigenvalue weighted by atomic mass is 32.1. The van der Waals surface area contributed by atoms with Gasteiger partial charge in [-0.3, -0.25) is 9.82 Å². The Morgan fingerprint density at radius 2 is 2.03 bits per heavy atom. The van der Waals surface area contributed by atoms with Crippen molar-refractivity contribution in [3.05, 3.63) is 76.7 Å². The van der Waals surface area contributed by atoms with Crippen LogP contribution in [0.3, 0.4) is 0 Å². The second-order valence-electron chi connectivity index (χ2n) is 7.50. The Kier molecular flexibility index (Phi) is 5.60. The van der Waals surface area contributed by atoms with Crippen LogP contribution in [0.1, 0.15) is 34.8 Å². The molecule has 0 unspecified atom stereocenters. The predicted octanol–water partition coefficient (Wildman–Crippen LogP) is 4.29. The lowest BCUT2D eigenvalue weighted by molar-refractivity contribution is -0.0829. The Bertz CT molecular complexity index is 1390. The van der Waals surface area contributed by atoms with Gasteiger partial charge in [0.1, 0.15) is 17.0 Å². The van der Waals surface area contributed by atoms with Gasteiger partial charge in [-0.25, -0.2) is 14.8 Å². The molecule has 0 saturated carbocycles. The molecular weight excluding hydrogens is 436 g/mol. The monoisotopic (exact) mass is 456 g/mol. The van der Waals surface area contributed by atoms with Gasteiger partial charge in [-0.05, 0) is 18.6 Å². The molecule has 1 fully saturated rings. The molecule has 4 heterocycles. The number of nitrogens with two attached hydrogens (primary N) is 1. The minimum atomic E-state index is -0.348. The first-order valence-electron chi connectivity index (χ1n) is 10.3. The number of anilines is 2. The third-order valence-electron chi connectivity index (χ3n) is 5.36. The van der Waals surface area contributed by atoms with E-state index in [2.05, 4.69) is 32.1 Å². The van der Waals surface area contributed by atoms with E-state index in [1.807, 2.05) is 42.6 Å². The molecule has 3 aromatic heterocycles. The molecule has 1 aliphatic heterocycles. The molecule has 164 valence electrons. The van der Waals surface area contributed by atoms with Gasteiger partial charge in [0, 0.05) is 22.9 Å². The van der Waals surface area contributed by atoms with Crippen molar-refractivity contribution in [3.8, 4) is 11.8 Å². The highest BCUT2D eigenvalue weighted by Gasteiger charge is 2.31. The molecule has 0 spiro atoms. The number of hydrogen-bond donors (Lipinski definition) is 2. The van der Waals surface area contributed by atoms with Gasteiger partial charge < -0.3 is 11.1 Å². The van der Waals surface area contributed by atoms with Crippen LogP contribution in [-0.2, 0) is 4.84 Å². The van der Waals surface area contributed by atoms with Crippen LogP contribution in [0.5, 0.6) is 0 Å². The second-order valence-corrected chi connectivity index (χ2v) is 8.36. The summed E-state index contributed by atoms with van der Waals surface area (Å²) in [6.45, 7) is 2.35. The molecular formula is C24H20N6O2S. The lowest BCUT2D eigenvalue weighted by Crippen LogP contribution is -2.33. The number of urea groups is 1. The average Bonchev–Trinajstić information content (AvgIpc) is 3.48. The number of hydroxylamine groups is 2. The largest absolute Gasteiger partial charge is 0.383 e. The second kappa shape index (κ2) is 8.86. The van der Waals surface area contributed by atoms with E-state index in [4.69, 9.17) is 10.6 Å². The van der Waals surface area contributed by atoms with Crippen molar-refractivity contribution in [1.82, 2.24) is 20.0 Å². The Morgan fingerprint density at radius 3 is 2.88 bits per heavy atom. The SMILES string of the molecule is Cc1ncc(NC(=O)N2OCC[C@@H]2c2ccccc2)cc1C#Cc1csc2ncnc(N)c12. The number of aromatic nitrogens is 3. The summed E-state index contributed by atoms with van der Waals surface area (Å²) >= 11 is 1.47. The highest BCUT2D eigenvalue weighted by Crippen LogP contribution is 2.31. The van der Waals surface area contributed by atoms with Crippen LogP contribution in [-0.4, -0.2) is 32.7 Å². The quantitative estimate of drug-likeness (QED) is 0.436. The summed E-state index contributed by atoms with van der Waals surface area (Å²) in [5.41, 5.74) is 9.79. The van der Waals surface area contributed by atoms with Crippen molar-refractivity contribution in [2.45, 2.75) is 19.4 Å². The normalized spacial score (nSPS) is 15.3. The van der Waals surface area contributed by atoms with E-state index < -0.39 is 0 Å². The third-order valence-corrected chi connectivity index (χ3v) is 6.25. The van der Waals surface area contributed by atoms with E-state index in [1.165, 1.54) is 22.7 Å². The topological polar surface area (TPSA) is 106 Å². The Labute approximate surface area is 194 Å². The number of benzene rings is 1. The van der Waals surface area contributed by atoms with Crippen LogP contribution in [0.2, 0.25) is 0 Å². The van der Waals surface area contributed by atoms with E-state index in [9.17, 15) is 4.79 Å². The molecule has 3 N–H and O–H groups in total.